The fourth-order valence-corrected chi connectivity index (χ4v) is 3.00. The minimum absolute atomic E-state index is 0.0949. The number of aromatic amines is 1. The lowest BCUT2D eigenvalue weighted by Gasteiger charge is -2.33. The van der Waals surface area contributed by atoms with E-state index in [2.05, 4.69) is 10.3 Å². The maximum absolute atomic E-state index is 12.3. The number of nitrogens with zero attached hydrogens (tertiary/aromatic N) is 2. The Hall–Kier alpha value is -2.38. The summed E-state index contributed by atoms with van der Waals surface area (Å²) in [6.07, 6.45) is 2.68. The van der Waals surface area contributed by atoms with Gasteiger partial charge in [0.05, 0.1) is 5.92 Å². The summed E-state index contributed by atoms with van der Waals surface area (Å²) in [5.74, 6) is 0.161. The van der Waals surface area contributed by atoms with E-state index in [1.165, 1.54) is 13.2 Å². The molecule has 2 N–H and O–H groups in total. The summed E-state index contributed by atoms with van der Waals surface area (Å²) < 4.78 is 1.01. The van der Waals surface area contributed by atoms with Crippen LogP contribution in [0.15, 0.2) is 15.8 Å². The van der Waals surface area contributed by atoms with Gasteiger partial charge >= 0.3 is 5.69 Å². The van der Waals surface area contributed by atoms with Crippen LogP contribution in [0, 0.1) is 11.8 Å². The van der Waals surface area contributed by atoms with Crippen molar-refractivity contribution in [2.45, 2.75) is 33.1 Å². The van der Waals surface area contributed by atoms with Gasteiger partial charge in [0.2, 0.25) is 11.8 Å². The van der Waals surface area contributed by atoms with Crippen molar-refractivity contribution in [3.05, 3.63) is 32.6 Å². The minimum Gasteiger partial charge on any atom is -0.355 e. The molecule has 0 spiro atoms. The second-order valence-corrected chi connectivity index (χ2v) is 6.95. The predicted molar refractivity (Wildman–Crippen MR) is 93.2 cm³/mol. The SMILES string of the molecule is CC(C)CN1C[C@H](C(=O)NCCc2c[nH]c(=O)n(C)c2=O)CCC1=O. The van der Waals surface area contributed by atoms with Gasteiger partial charge in [-0.2, -0.15) is 0 Å². The van der Waals surface area contributed by atoms with Gasteiger partial charge in [-0.15, -0.1) is 0 Å². The Morgan fingerprint density at radius 1 is 1.36 bits per heavy atom. The average Bonchev–Trinajstić information content (AvgIpc) is 2.56. The van der Waals surface area contributed by atoms with E-state index in [1.807, 2.05) is 13.8 Å². The third kappa shape index (κ3) is 4.80. The summed E-state index contributed by atoms with van der Waals surface area (Å²) in [5.41, 5.74) is -0.373. The monoisotopic (exact) mass is 350 g/mol. The molecule has 1 fully saturated rings. The first kappa shape index (κ1) is 19.0. The first-order valence-electron chi connectivity index (χ1n) is 8.62. The number of hydrogen-bond acceptors (Lipinski definition) is 4. The first-order valence-corrected chi connectivity index (χ1v) is 8.62. The van der Waals surface area contributed by atoms with Gasteiger partial charge < -0.3 is 15.2 Å². The summed E-state index contributed by atoms with van der Waals surface area (Å²) in [7, 11) is 1.41. The van der Waals surface area contributed by atoms with Gasteiger partial charge in [-0.25, -0.2) is 4.79 Å². The van der Waals surface area contributed by atoms with E-state index in [4.69, 9.17) is 0 Å². The Morgan fingerprint density at radius 2 is 2.08 bits per heavy atom. The van der Waals surface area contributed by atoms with E-state index in [9.17, 15) is 19.2 Å². The van der Waals surface area contributed by atoms with Gasteiger partial charge in [0.15, 0.2) is 0 Å². The fourth-order valence-electron chi connectivity index (χ4n) is 3.00. The predicted octanol–water partition coefficient (Wildman–Crippen LogP) is -0.373. The third-order valence-corrected chi connectivity index (χ3v) is 4.40. The minimum atomic E-state index is -0.463. The van der Waals surface area contributed by atoms with Crippen molar-refractivity contribution in [3.63, 3.8) is 0 Å². The quantitative estimate of drug-likeness (QED) is 0.730. The van der Waals surface area contributed by atoms with E-state index >= 15 is 0 Å². The second kappa shape index (κ2) is 8.13. The molecule has 1 aromatic rings. The van der Waals surface area contributed by atoms with E-state index in [-0.39, 0.29) is 23.3 Å². The van der Waals surface area contributed by atoms with Crippen molar-refractivity contribution in [3.8, 4) is 0 Å². The molecule has 2 rings (SSSR count). The molecular formula is C17H26N4O4. The molecule has 0 aliphatic carbocycles. The van der Waals surface area contributed by atoms with Gasteiger partial charge in [0, 0.05) is 44.9 Å². The van der Waals surface area contributed by atoms with Crippen LogP contribution in [0.25, 0.3) is 0 Å². The number of H-pyrrole nitrogens is 1. The zero-order chi connectivity index (χ0) is 18.6. The van der Waals surface area contributed by atoms with Crippen LogP contribution in [0.3, 0.4) is 0 Å². The Labute approximate surface area is 146 Å². The maximum Gasteiger partial charge on any atom is 0.328 e. The molecule has 2 heterocycles. The van der Waals surface area contributed by atoms with Crippen LogP contribution in [0.4, 0.5) is 0 Å². The first-order chi connectivity index (χ1) is 11.8. The number of nitrogens with one attached hydrogen (secondary N) is 2. The highest BCUT2D eigenvalue weighted by molar-refractivity contribution is 5.83. The van der Waals surface area contributed by atoms with Crippen molar-refractivity contribution < 1.29 is 9.59 Å². The highest BCUT2D eigenvalue weighted by Crippen LogP contribution is 2.18. The van der Waals surface area contributed by atoms with E-state index < -0.39 is 5.69 Å². The van der Waals surface area contributed by atoms with Crippen LogP contribution in [0.2, 0.25) is 0 Å². The van der Waals surface area contributed by atoms with Crippen LogP contribution in [0.1, 0.15) is 32.3 Å². The van der Waals surface area contributed by atoms with Crippen molar-refractivity contribution in [1.29, 1.82) is 0 Å². The van der Waals surface area contributed by atoms with Crippen LogP contribution >= 0.6 is 0 Å². The van der Waals surface area contributed by atoms with Gasteiger partial charge in [0.25, 0.3) is 5.56 Å². The summed E-state index contributed by atoms with van der Waals surface area (Å²) in [5, 5.41) is 2.83. The van der Waals surface area contributed by atoms with Crippen molar-refractivity contribution >= 4 is 11.8 Å². The molecule has 25 heavy (non-hydrogen) atoms. The van der Waals surface area contributed by atoms with Crippen LogP contribution in [-0.2, 0) is 23.1 Å². The number of carbonyl (C=O) groups excluding carboxylic acids is 2. The molecule has 1 saturated heterocycles. The largest absolute Gasteiger partial charge is 0.355 e. The topological polar surface area (TPSA) is 104 Å². The molecule has 8 heteroatoms. The Kier molecular flexibility index (Phi) is 6.17. The third-order valence-electron chi connectivity index (χ3n) is 4.40. The lowest BCUT2D eigenvalue weighted by molar-refractivity contribution is -0.138. The van der Waals surface area contributed by atoms with Crippen LogP contribution in [-0.4, -0.2) is 45.9 Å². The molecule has 8 nitrogen and oxygen atoms in total. The number of amides is 2. The Balaban J connectivity index is 1.88. The van der Waals surface area contributed by atoms with Crippen molar-refractivity contribution in [1.82, 2.24) is 19.8 Å². The molecule has 0 radical (unpaired) electrons. The lowest BCUT2D eigenvalue weighted by Crippen LogP contribution is -2.47. The van der Waals surface area contributed by atoms with Gasteiger partial charge in [-0.1, -0.05) is 13.8 Å². The molecule has 1 aliphatic rings. The molecule has 2 amide bonds. The average molecular weight is 350 g/mol. The molecule has 0 bridgehead atoms. The Morgan fingerprint density at radius 3 is 2.76 bits per heavy atom. The number of likely N-dealkylation sites (tertiary alicyclic amines) is 1. The molecule has 1 aromatic heterocycles. The molecule has 0 aromatic carbocycles. The van der Waals surface area contributed by atoms with Crippen LogP contribution < -0.4 is 16.6 Å². The molecule has 0 saturated carbocycles. The van der Waals surface area contributed by atoms with Crippen molar-refractivity contribution in [2.24, 2.45) is 18.9 Å². The zero-order valence-corrected chi connectivity index (χ0v) is 15.0. The van der Waals surface area contributed by atoms with Gasteiger partial charge in [-0.3, -0.25) is 19.0 Å². The number of aromatic nitrogens is 2. The van der Waals surface area contributed by atoms with E-state index in [0.29, 0.717) is 50.4 Å². The summed E-state index contributed by atoms with van der Waals surface area (Å²) in [6.45, 7) is 5.51. The van der Waals surface area contributed by atoms with Crippen LogP contribution in [0.5, 0.6) is 0 Å². The molecule has 1 aliphatic heterocycles. The van der Waals surface area contributed by atoms with Gasteiger partial charge in [-0.05, 0) is 18.8 Å². The molecule has 0 unspecified atom stereocenters. The highest BCUT2D eigenvalue weighted by Gasteiger charge is 2.30. The summed E-state index contributed by atoms with van der Waals surface area (Å²) in [4.78, 5) is 51.8. The van der Waals surface area contributed by atoms with Crippen molar-refractivity contribution in [2.75, 3.05) is 19.6 Å². The second-order valence-electron chi connectivity index (χ2n) is 6.95. The maximum atomic E-state index is 12.3. The van der Waals surface area contributed by atoms with Gasteiger partial charge in [0.1, 0.15) is 0 Å². The summed E-state index contributed by atoms with van der Waals surface area (Å²) in [6, 6.07) is 0. The normalized spacial score (nSPS) is 17.8. The zero-order valence-electron chi connectivity index (χ0n) is 15.0. The summed E-state index contributed by atoms with van der Waals surface area (Å²) >= 11 is 0. The molecular weight excluding hydrogens is 324 g/mol. The molecule has 138 valence electrons. The number of hydrogen-bond donors (Lipinski definition) is 2. The van der Waals surface area contributed by atoms with E-state index in [1.54, 1.807) is 4.90 Å². The fraction of sp³-hybridized carbons (Fsp3) is 0.647. The number of piperidine rings is 1. The Bertz CT molecular complexity index is 750. The lowest BCUT2D eigenvalue weighted by atomic mass is 9.95. The number of rotatable bonds is 6. The standard InChI is InChI=1S/C17H26N4O4/c1-11(2)9-21-10-13(4-5-14(21)22)15(23)18-7-6-12-8-19-17(25)20(3)16(12)24/h8,11,13H,4-7,9-10H2,1-3H3,(H,18,23)(H,19,25)/t13-/m1/s1. The van der Waals surface area contributed by atoms with E-state index in [0.717, 1.165) is 4.57 Å². The highest BCUT2D eigenvalue weighted by atomic mass is 16.2. The smallest absolute Gasteiger partial charge is 0.328 e. The molecule has 1 atom stereocenters. The number of carbonyl (C=O) groups is 2.